The summed E-state index contributed by atoms with van der Waals surface area (Å²) in [6.45, 7) is 4.87. The molecule has 3 N–H and O–H groups in total. The average molecular weight is 706 g/mol. The third kappa shape index (κ3) is 34.0. The number of hydrogen-bond acceptors (Lipinski definition) is 5. The first-order valence-electron chi connectivity index (χ1n) is 20.4. The number of amides is 1. The second kappa shape index (κ2) is 32.4. The molecule has 0 aromatic heterocycles. The Balaban J connectivity index is 4.34. The first-order valence-corrected chi connectivity index (χ1v) is 21.9. The van der Waals surface area contributed by atoms with Gasteiger partial charge in [-0.3, -0.25) is 13.8 Å². The number of carbonyl (C=O) groups excluding carboxylic acids is 1. The summed E-state index contributed by atoms with van der Waals surface area (Å²) in [6, 6.07) is -0.750. The van der Waals surface area contributed by atoms with Crippen molar-refractivity contribution in [2.45, 2.75) is 206 Å². The summed E-state index contributed by atoms with van der Waals surface area (Å²) in [5, 5.41) is 13.9. The highest BCUT2D eigenvalue weighted by atomic mass is 31.2. The van der Waals surface area contributed by atoms with Crippen LogP contribution in [-0.2, 0) is 18.4 Å². The number of aliphatic hydroxyl groups excluding tert-OH is 1. The lowest BCUT2D eigenvalue weighted by Crippen LogP contribution is -2.46. The van der Waals surface area contributed by atoms with Crippen molar-refractivity contribution in [3.63, 3.8) is 0 Å². The maximum atomic E-state index is 12.8. The summed E-state index contributed by atoms with van der Waals surface area (Å²) < 4.78 is 23.5. The Hall–Kier alpha value is -0.500. The van der Waals surface area contributed by atoms with Crippen LogP contribution >= 0.6 is 7.82 Å². The van der Waals surface area contributed by atoms with E-state index < -0.39 is 20.0 Å². The van der Waals surface area contributed by atoms with Crippen molar-refractivity contribution in [2.24, 2.45) is 0 Å². The minimum absolute atomic E-state index is 0.0781. The van der Waals surface area contributed by atoms with Crippen LogP contribution in [0.15, 0.2) is 0 Å². The molecule has 0 aromatic rings. The van der Waals surface area contributed by atoms with Crippen LogP contribution in [0, 0.1) is 0 Å². The Kier molecular flexibility index (Phi) is 32.1. The summed E-state index contributed by atoms with van der Waals surface area (Å²) in [5.41, 5.74) is 0. The number of nitrogens with one attached hydrogen (secondary N) is 1. The van der Waals surface area contributed by atoms with Crippen LogP contribution in [-0.4, -0.2) is 73.4 Å². The van der Waals surface area contributed by atoms with Gasteiger partial charge in [0.1, 0.15) is 13.2 Å². The lowest BCUT2D eigenvalue weighted by atomic mass is 10.0. The van der Waals surface area contributed by atoms with E-state index in [1.807, 2.05) is 21.1 Å². The highest BCUT2D eigenvalue weighted by Crippen LogP contribution is 2.43. The second-order valence-corrected chi connectivity index (χ2v) is 16.8. The molecule has 0 aliphatic rings. The van der Waals surface area contributed by atoms with Crippen LogP contribution in [0.4, 0.5) is 0 Å². The van der Waals surface area contributed by atoms with Crippen LogP contribution < -0.4 is 5.32 Å². The third-order valence-corrected chi connectivity index (χ3v) is 10.3. The Bertz CT molecular complexity index is 763. The molecule has 0 bridgehead atoms. The van der Waals surface area contributed by atoms with Crippen molar-refractivity contribution in [1.29, 1.82) is 0 Å². The fourth-order valence-corrected chi connectivity index (χ4v) is 6.78. The van der Waals surface area contributed by atoms with Crippen molar-refractivity contribution in [1.82, 2.24) is 5.32 Å². The molecular formula is C39H82N2O6P+. The molecule has 0 radical (unpaired) electrons. The minimum atomic E-state index is -4.30. The lowest BCUT2D eigenvalue weighted by Gasteiger charge is -2.26. The number of aliphatic hydroxyl groups is 1. The quantitative estimate of drug-likeness (QED) is 0.0338. The number of nitrogens with zero attached hydrogens (tertiary/aromatic N) is 1. The van der Waals surface area contributed by atoms with Gasteiger partial charge in [-0.05, 0) is 12.8 Å². The van der Waals surface area contributed by atoms with Gasteiger partial charge < -0.3 is 19.8 Å². The number of unbranched alkanes of at least 4 members (excludes halogenated alkanes) is 24. The molecule has 0 saturated heterocycles. The van der Waals surface area contributed by atoms with Crippen LogP contribution in [0.25, 0.3) is 0 Å². The van der Waals surface area contributed by atoms with E-state index in [2.05, 4.69) is 19.2 Å². The predicted molar refractivity (Wildman–Crippen MR) is 203 cm³/mol. The van der Waals surface area contributed by atoms with E-state index in [0.717, 1.165) is 38.5 Å². The van der Waals surface area contributed by atoms with Crippen LogP contribution in [0.3, 0.4) is 0 Å². The maximum absolute atomic E-state index is 12.8. The van der Waals surface area contributed by atoms with E-state index in [4.69, 9.17) is 9.05 Å². The number of quaternary nitrogens is 1. The average Bonchev–Trinajstić information content (AvgIpc) is 3.02. The smallest absolute Gasteiger partial charge is 0.391 e. The van der Waals surface area contributed by atoms with Gasteiger partial charge in [-0.15, -0.1) is 0 Å². The molecule has 0 spiro atoms. The van der Waals surface area contributed by atoms with Crippen molar-refractivity contribution in [2.75, 3.05) is 40.9 Å². The van der Waals surface area contributed by atoms with Crippen molar-refractivity contribution in [3.8, 4) is 0 Å². The molecule has 288 valence electrons. The Morgan fingerprint density at radius 1 is 0.625 bits per heavy atom. The third-order valence-electron chi connectivity index (χ3n) is 9.36. The zero-order chi connectivity index (χ0) is 35.8. The molecule has 1 unspecified atom stereocenters. The topological polar surface area (TPSA) is 105 Å². The summed E-state index contributed by atoms with van der Waals surface area (Å²) in [4.78, 5) is 23.0. The second-order valence-electron chi connectivity index (χ2n) is 15.4. The monoisotopic (exact) mass is 706 g/mol. The number of carbonyl (C=O) groups is 1. The van der Waals surface area contributed by atoms with E-state index >= 15 is 0 Å². The highest BCUT2D eigenvalue weighted by Gasteiger charge is 2.28. The van der Waals surface area contributed by atoms with Gasteiger partial charge in [0, 0.05) is 6.42 Å². The largest absolute Gasteiger partial charge is 0.472 e. The molecule has 9 heteroatoms. The molecule has 0 fully saturated rings. The van der Waals surface area contributed by atoms with E-state index in [9.17, 15) is 19.4 Å². The first kappa shape index (κ1) is 47.5. The number of likely N-dealkylation sites (N-methyl/N-ethyl adjacent to an activating group) is 1. The number of phosphoric ester groups is 1. The molecule has 0 saturated carbocycles. The van der Waals surface area contributed by atoms with Gasteiger partial charge >= 0.3 is 7.82 Å². The predicted octanol–water partition coefficient (Wildman–Crippen LogP) is 10.6. The van der Waals surface area contributed by atoms with Gasteiger partial charge in [-0.2, -0.15) is 0 Å². The Morgan fingerprint density at radius 2 is 1.00 bits per heavy atom. The van der Waals surface area contributed by atoms with Gasteiger partial charge in [-0.1, -0.05) is 174 Å². The molecule has 0 heterocycles. The zero-order valence-corrected chi connectivity index (χ0v) is 33.4. The van der Waals surface area contributed by atoms with Crippen molar-refractivity contribution in [3.05, 3.63) is 0 Å². The van der Waals surface area contributed by atoms with Gasteiger partial charge in [0.05, 0.1) is 39.9 Å². The van der Waals surface area contributed by atoms with E-state index in [1.165, 1.54) is 128 Å². The fraction of sp³-hybridized carbons (Fsp3) is 0.974. The zero-order valence-electron chi connectivity index (χ0n) is 32.5. The molecule has 0 aliphatic carbocycles. The molecular weight excluding hydrogens is 623 g/mol. The molecule has 3 atom stereocenters. The molecule has 0 aromatic carbocycles. The van der Waals surface area contributed by atoms with Crippen LogP contribution in [0.1, 0.15) is 194 Å². The summed E-state index contributed by atoms with van der Waals surface area (Å²) >= 11 is 0. The minimum Gasteiger partial charge on any atom is -0.391 e. The summed E-state index contributed by atoms with van der Waals surface area (Å²) in [7, 11) is 1.62. The molecule has 48 heavy (non-hydrogen) atoms. The Morgan fingerprint density at radius 3 is 1.40 bits per heavy atom. The Labute approximate surface area is 298 Å². The first-order chi connectivity index (χ1) is 23.0. The van der Waals surface area contributed by atoms with Crippen LogP contribution in [0.2, 0.25) is 0 Å². The van der Waals surface area contributed by atoms with E-state index in [-0.39, 0.29) is 19.1 Å². The van der Waals surface area contributed by atoms with Gasteiger partial charge in [-0.25, -0.2) is 4.57 Å². The lowest BCUT2D eigenvalue weighted by molar-refractivity contribution is -0.870. The summed E-state index contributed by atoms with van der Waals surface area (Å²) in [5.74, 6) is -0.147. The SMILES string of the molecule is CCCCCCCCCCCCCCCCCCC[C@H](O)[C@@H](COP(=O)(O)OCC[N+](C)(C)C)NC(=O)CCCCCCCCCCC. The van der Waals surface area contributed by atoms with Crippen molar-refractivity contribution < 1.29 is 32.9 Å². The van der Waals surface area contributed by atoms with Gasteiger partial charge in [0.15, 0.2) is 0 Å². The van der Waals surface area contributed by atoms with Gasteiger partial charge in [0.25, 0.3) is 0 Å². The number of hydrogen-bond donors (Lipinski definition) is 3. The number of phosphoric acid groups is 1. The number of rotatable bonds is 37. The van der Waals surface area contributed by atoms with E-state index in [0.29, 0.717) is 23.9 Å². The van der Waals surface area contributed by atoms with E-state index in [1.54, 1.807) is 0 Å². The molecule has 1 amide bonds. The molecule has 0 rings (SSSR count). The molecule has 0 aliphatic heterocycles. The molecule has 8 nitrogen and oxygen atoms in total. The standard InChI is InChI=1S/C39H81N2O6P/c1-6-8-10-12-14-16-17-18-19-20-21-22-23-25-26-28-30-32-38(42)37(36-47-48(44,45)46-35-34-41(3,4)5)40-39(43)33-31-29-27-24-15-13-11-9-7-2/h37-38,42H,6-36H2,1-5H3,(H-,40,43,44,45)/p+1/t37-,38+/m1/s1. The maximum Gasteiger partial charge on any atom is 0.472 e. The fourth-order valence-electron chi connectivity index (χ4n) is 6.05. The highest BCUT2D eigenvalue weighted by molar-refractivity contribution is 7.47. The van der Waals surface area contributed by atoms with Crippen molar-refractivity contribution >= 4 is 13.7 Å². The van der Waals surface area contributed by atoms with Gasteiger partial charge in [0.2, 0.25) is 5.91 Å². The summed E-state index contributed by atoms with van der Waals surface area (Å²) in [6.07, 6.45) is 32.7. The normalized spacial score (nSPS) is 14.6. The van der Waals surface area contributed by atoms with Crippen LogP contribution in [0.5, 0.6) is 0 Å².